The van der Waals surface area contributed by atoms with Crippen molar-refractivity contribution in [3.63, 3.8) is 0 Å². The van der Waals surface area contributed by atoms with Crippen molar-refractivity contribution in [2.75, 3.05) is 39.0 Å². The van der Waals surface area contributed by atoms with Crippen LogP contribution in [-0.2, 0) is 4.79 Å². The second kappa shape index (κ2) is 9.26. The number of benzene rings is 1. The number of urea groups is 1. The lowest BCUT2D eigenvalue weighted by molar-refractivity contribution is -0.127. The number of halogens is 1. The number of nitrogens with zero attached hydrogens (tertiary/aromatic N) is 2. The minimum atomic E-state index is -0.415. The summed E-state index contributed by atoms with van der Waals surface area (Å²) in [4.78, 5) is 27.6. The lowest BCUT2D eigenvalue weighted by Gasteiger charge is -2.38. The third kappa shape index (κ3) is 5.99. The molecule has 0 spiro atoms. The first-order chi connectivity index (χ1) is 12.7. The Bertz CT molecular complexity index is 710. The molecule has 1 saturated heterocycles. The van der Waals surface area contributed by atoms with Crippen LogP contribution in [0.4, 0.5) is 10.5 Å². The maximum Gasteiger partial charge on any atom is 0.319 e. The summed E-state index contributed by atoms with van der Waals surface area (Å²) in [6.07, 6.45) is 1.22. The fraction of sp³-hybridized carbons (Fsp3) is 0.500. The van der Waals surface area contributed by atoms with Gasteiger partial charge in [0, 0.05) is 42.9 Å². The molecule has 1 aliphatic rings. The molecule has 27 heavy (non-hydrogen) atoms. The number of carbonyl (C=O) groups excluding carboxylic acids is 2. The van der Waals surface area contributed by atoms with E-state index in [1.54, 1.807) is 14.1 Å². The molecule has 6 nitrogen and oxygen atoms in total. The first kappa shape index (κ1) is 21.3. The van der Waals surface area contributed by atoms with E-state index >= 15 is 0 Å². The van der Waals surface area contributed by atoms with Crippen molar-refractivity contribution in [1.82, 2.24) is 15.1 Å². The Morgan fingerprint density at radius 2 is 1.89 bits per heavy atom. The van der Waals surface area contributed by atoms with Gasteiger partial charge in [0.15, 0.2) is 0 Å². The van der Waals surface area contributed by atoms with Gasteiger partial charge in [0.1, 0.15) is 0 Å². The van der Waals surface area contributed by atoms with Gasteiger partial charge < -0.3 is 20.4 Å². The number of hydrogen-bond acceptors (Lipinski definition) is 3. The number of anilines is 1. The maximum atomic E-state index is 12.2. The second-order valence-electron chi connectivity index (χ2n) is 7.58. The normalized spacial score (nSPS) is 19.4. The third-order valence-electron chi connectivity index (χ3n) is 4.69. The zero-order valence-corrected chi connectivity index (χ0v) is 18.1. The van der Waals surface area contributed by atoms with Crippen molar-refractivity contribution in [2.45, 2.75) is 20.3 Å². The number of piperidine rings is 1. The highest BCUT2D eigenvalue weighted by molar-refractivity contribution is 9.10. The molecule has 1 fully saturated rings. The van der Waals surface area contributed by atoms with Crippen molar-refractivity contribution in [2.24, 2.45) is 11.8 Å². The number of likely N-dealkylation sites (N-methyl/N-ethyl adjacent to an activating group) is 1. The largest absolute Gasteiger partial charge is 0.371 e. The number of hydrogen-bond donors (Lipinski definition) is 2. The molecule has 0 unspecified atom stereocenters. The van der Waals surface area contributed by atoms with E-state index in [0.29, 0.717) is 17.5 Å². The monoisotopic (exact) mass is 436 g/mol. The Morgan fingerprint density at radius 1 is 1.26 bits per heavy atom. The molecule has 7 heteroatoms. The second-order valence-corrected chi connectivity index (χ2v) is 8.50. The molecule has 2 atom stereocenters. The molecule has 148 valence electrons. The summed E-state index contributed by atoms with van der Waals surface area (Å²) in [5.41, 5.74) is 2.44. The van der Waals surface area contributed by atoms with Gasteiger partial charge in [-0.3, -0.25) is 4.79 Å². The van der Waals surface area contributed by atoms with Crippen LogP contribution in [0.2, 0.25) is 0 Å². The summed E-state index contributed by atoms with van der Waals surface area (Å²) in [5, 5.41) is 5.44. The zero-order chi connectivity index (χ0) is 20.1. The van der Waals surface area contributed by atoms with Gasteiger partial charge in [-0.25, -0.2) is 4.79 Å². The number of nitrogens with one attached hydrogen (secondary N) is 2. The molecule has 0 saturated carbocycles. The van der Waals surface area contributed by atoms with Gasteiger partial charge in [-0.05, 0) is 36.5 Å². The Hall–Kier alpha value is -2.02. The third-order valence-corrected chi connectivity index (χ3v) is 5.18. The van der Waals surface area contributed by atoms with Crippen LogP contribution in [0.25, 0.3) is 5.70 Å². The van der Waals surface area contributed by atoms with Crippen LogP contribution in [0, 0.1) is 11.8 Å². The molecule has 3 amide bonds. The standard InChI is InChI=1S/C20H29BrN4O2/c1-13-8-14(2)12-25(11-13)15(3)17-9-16(21)6-7-18(17)23-20(27)22-10-19(26)24(4)5/h6-7,9,13-14H,3,8,10-12H2,1-2,4-5H3,(H2,22,23,27)/t13-,14+. The van der Waals surface area contributed by atoms with Crippen LogP contribution in [0.3, 0.4) is 0 Å². The highest BCUT2D eigenvalue weighted by Crippen LogP contribution is 2.32. The molecule has 1 aromatic rings. The molecule has 0 aromatic heterocycles. The lowest BCUT2D eigenvalue weighted by Crippen LogP contribution is -2.39. The number of carbonyl (C=O) groups is 2. The van der Waals surface area contributed by atoms with Gasteiger partial charge in [-0.1, -0.05) is 36.4 Å². The molecule has 1 aliphatic heterocycles. The summed E-state index contributed by atoms with van der Waals surface area (Å²) in [6, 6.07) is 5.27. The molecule has 2 N–H and O–H groups in total. The van der Waals surface area contributed by atoms with E-state index in [4.69, 9.17) is 0 Å². The van der Waals surface area contributed by atoms with Crippen molar-refractivity contribution in [1.29, 1.82) is 0 Å². The SMILES string of the molecule is C=C(c1cc(Br)ccc1NC(=O)NCC(=O)N(C)C)N1C[C@H](C)C[C@H](C)C1. The number of likely N-dealkylation sites (tertiary alicyclic amines) is 1. The highest BCUT2D eigenvalue weighted by atomic mass is 79.9. The van der Waals surface area contributed by atoms with Crippen LogP contribution in [0.15, 0.2) is 29.3 Å². The van der Waals surface area contributed by atoms with Crippen LogP contribution >= 0.6 is 15.9 Å². The molecule has 0 radical (unpaired) electrons. The summed E-state index contributed by atoms with van der Waals surface area (Å²) < 4.78 is 0.922. The number of amides is 3. The Balaban J connectivity index is 2.13. The van der Waals surface area contributed by atoms with Gasteiger partial charge in [0.2, 0.25) is 5.91 Å². The smallest absolute Gasteiger partial charge is 0.319 e. The van der Waals surface area contributed by atoms with Crippen LogP contribution in [0.1, 0.15) is 25.8 Å². The summed E-state index contributed by atoms with van der Waals surface area (Å²) >= 11 is 3.51. The van der Waals surface area contributed by atoms with E-state index in [1.807, 2.05) is 18.2 Å². The van der Waals surface area contributed by atoms with E-state index in [0.717, 1.165) is 28.8 Å². The highest BCUT2D eigenvalue weighted by Gasteiger charge is 2.24. The maximum absolute atomic E-state index is 12.2. The van der Waals surface area contributed by atoms with Crippen LogP contribution < -0.4 is 10.6 Å². The molecule has 1 aromatic carbocycles. The Morgan fingerprint density at radius 3 is 2.48 bits per heavy atom. The van der Waals surface area contributed by atoms with Gasteiger partial charge in [-0.15, -0.1) is 0 Å². The van der Waals surface area contributed by atoms with Crippen LogP contribution in [0.5, 0.6) is 0 Å². The summed E-state index contributed by atoms with van der Waals surface area (Å²) in [6.45, 7) is 10.7. The van der Waals surface area contributed by atoms with E-state index < -0.39 is 6.03 Å². The molecule has 0 bridgehead atoms. The number of rotatable bonds is 5. The molecular formula is C20H29BrN4O2. The Labute approximate surface area is 170 Å². The van der Waals surface area contributed by atoms with Crippen LogP contribution in [-0.4, -0.2) is 55.5 Å². The predicted molar refractivity (Wildman–Crippen MR) is 113 cm³/mol. The first-order valence-corrected chi connectivity index (χ1v) is 9.95. The fourth-order valence-electron chi connectivity index (χ4n) is 3.40. The lowest BCUT2D eigenvalue weighted by atomic mass is 9.91. The van der Waals surface area contributed by atoms with Gasteiger partial charge in [0.05, 0.1) is 12.2 Å². The quantitative estimate of drug-likeness (QED) is 0.740. The topological polar surface area (TPSA) is 64.7 Å². The molecule has 0 aliphatic carbocycles. The first-order valence-electron chi connectivity index (χ1n) is 9.16. The molecule has 1 heterocycles. The fourth-order valence-corrected chi connectivity index (χ4v) is 3.76. The summed E-state index contributed by atoms with van der Waals surface area (Å²) in [7, 11) is 3.30. The Kier molecular flexibility index (Phi) is 7.30. The van der Waals surface area contributed by atoms with Crippen molar-refractivity contribution in [3.8, 4) is 0 Å². The average molecular weight is 437 g/mol. The minimum absolute atomic E-state index is 0.0488. The van der Waals surface area contributed by atoms with Crippen molar-refractivity contribution >= 4 is 39.3 Å². The van der Waals surface area contributed by atoms with Gasteiger partial charge >= 0.3 is 6.03 Å². The van der Waals surface area contributed by atoms with E-state index in [1.165, 1.54) is 11.3 Å². The van der Waals surface area contributed by atoms with E-state index in [9.17, 15) is 9.59 Å². The average Bonchev–Trinajstić information content (AvgIpc) is 2.59. The minimum Gasteiger partial charge on any atom is -0.371 e. The van der Waals surface area contributed by atoms with E-state index in [-0.39, 0.29) is 12.5 Å². The van der Waals surface area contributed by atoms with E-state index in [2.05, 4.69) is 51.9 Å². The molecule has 2 rings (SSSR count). The van der Waals surface area contributed by atoms with Crippen molar-refractivity contribution < 1.29 is 9.59 Å². The van der Waals surface area contributed by atoms with Crippen molar-refractivity contribution in [3.05, 3.63) is 34.8 Å². The molecular weight excluding hydrogens is 408 g/mol. The van der Waals surface area contributed by atoms with Gasteiger partial charge in [-0.2, -0.15) is 0 Å². The van der Waals surface area contributed by atoms with Gasteiger partial charge in [0.25, 0.3) is 0 Å². The summed E-state index contributed by atoms with van der Waals surface area (Å²) in [5.74, 6) is 1.05. The zero-order valence-electron chi connectivity index (χ0n) is 16.5. The predicted octanol–water partition coefficient (Wildman–Crippen LogP) is 3.61.